The third-order valence-corrected chi connectivity index (χ3v) is 4.23. The van der Waals surface area contributed by atoms with Crippen molar-refractivity contribution in [2.24, 2.45) is 0 Å². The van der Waals surface area contributed by atoms with Crippen molar-refractivity contribution in [3.8, 4) is 11.4 Å². The van der Waals surface area contributed by atoms with Crippen molar-refractivity contribution in [1.29, 1.82) is 0 Å². The molecule has 0 aliphatic carbocycles. The Kier molecular flexibility index (Phi) is 3.23. The Balaban J connectivity index is 2.22. The molecule has 0 aliphatic rings. The Hall–Kier alpha value is -2.95. The van der Waals surface area contributed by atoms with Gasteiger partial charge < -0.3 is 0 Å². The van der Waals surface area contributed by atoms with E-state index in [1.807, 2.05) is 38.1 Å². The van der Waals surface area contributed by atoms with E-state index in [2.05, 4.69) is 4.98 Å². The van der Waals surface area contributed by atoms with Gasteiger partial charge in [-0.1, -0.05) is 30.3 Å². The normalized spacial score (nSPS) is 11.7. The second-order valence-electron chi connectivity index (χ2n) is 6.05. The summed E-state index contributed by atoms with van der Waals surface area (Å²) in [5.41, 5.74) is 1.64. The lowest BCUT2D eigenvalue weighted by atomic mass is 10.2. The number of fused-ring (bicyclic) bond motifs is 3. The summed E-state index contributed by atoms with van der Waals surface area (Å²) in [4.78, 5) is 17.5. The van der Waals surface area contributed by atoms with Crippen LogP contribution in [0.4, 0.5) is 4.39 Å². The van der Waals surface area contributed by atoms with E-state index in [0.29, 0.717) is 16.9 Å². The number of para-hydroxylation sites is 1. The number of hydrogen-bond donors (Lipinski definition) is 0. The van der Waals surface area contributed by atoms with Gasteiger partial charge in [0.15, 0.2) is 5.82 Å². The van der Waals surface area contributed by atoms with Crippen LogP contribution in [0.5, 0.6) is 0 Å². The predicted molar refractivity (Wildman–Crippen MR) is 92.7 cm³/mol. The minimum atomic E-state index is -0.395. The smallest absolute Gasteiger partial charge is 0.291 e. The van der Waals surface area contributed by atoms with Crippen LogP contribution < -0.4 is 5.69 Å². The molecule has 0 radical (unpaired) electrons. The van der Waals surface area contributed by atoms with E-state index in [1.165, 1.54) is 10.5 Å². The molecule has 0 amide bonds. The zero-order chi connectivity index (χ0) is 16.8. The standard InChI is InChI=1S/C19H16FN3O/c1-12(2)22-16-10-6-4-8-14(16)17-11-21-18(23(17)19(22)24)13-7-3-5-9-15(13)20/h3-12H,1-2H3. The first-order chi connectivity index (χ1) is 11.6. The summed E-state index contributed by atoms with van der Waals surface area (Å²) >= 11 is 0. The number of rotatable bonds is 2. The Morgan fingerprint density at radius 1 is 1.00 bits per heavy atom. The van der Waals surface area contributed by atoms with Gasteiger partial charge in [-0.05, 0) is 32.0 Å². The molecule has 0 atom stereocenters. The predicted octanol–water partition coefficient (Wildman–Crippen LogP) is 4.04. The lowest BCUT2D eigenvalue weighted by Gasteiger charge is -2.15. The van der Waals surface area contributed by atoms with Crippen LogP contribution in [0.2, 0.25) is 0 Å². The average molecular weight is 321 g/mol. The van der Waals surface area contributed by atoms with Crippen molar-refractivity contribution in [2.75, 3.05) is 0 Å². The number of nitrogens with zero attached hydrogens (tertiary/aromatic N) is 3. The highest BCUT2D eigenvalue weighted by molar-refractivity contribution is 5.94. The third kappa shape index (κ3) is 1.98. The van der Waals surface area contributed by atoms with Gasteiger partial charge in [0.25, 0.3) is 0 Å². The molecule has 0 N–H and O–H groups in total. The largest absolute Gasteiger partial charge is 0.335 e. The van der Waals surface area contributed by atoms with Crippen LogP contribution in [-0.2, 0) is 0 Å². The van der Waals surface area contributed by atoms with Crippen LogP contribution in [0.25, 0.3) is 27.8 Å². The van der Waals surface area contributed by atoms with Crippen LogP contribution in [-0.4, -0.2) is 14.0 Å². The molecule has 4 nitrogen and oxygen atoms in total. The third-order valence-electron chi connectivity index (χ3n) is 4.23. The molecule has 2 heterocycles. The minimum absolute atomic E-state index is 0.0253. The number of hydrogen-bond acceptors (Lipinski definition) is 2. The van der Waals surface area contributed by atoms with E-state index in [1.54, 1.807) is 29.0 Å². The van der Waals surface area contributed by atoms with Crippen LogP contribution in [0.3, 0.4) is 0 Å². The van der Waals surface area contributed by atoms with Gasteiger partial charge in [-0.25, -0.2) is 18.6 Å². The van der Waals surface area contributed by atoms with Gasteiger partial charge in [0, 0.05) is 11.4 Å². The van der Waals surface area contributed by atoms with Gasteiger partial charge in [0.05, 0.1) is 22.8 Å². The SMILES string of the molecule is CC(C)n1c(=O)n2c(-c3ccccc3F)ncc2c2ccccc21. The van der Waals surface area contributed by atoms with Crippen molar-refractivity contribution in [3.63, 3.8) is 0 Å². The first kappa shape index (κ1) is 14.6. The first-order valence-corrected chi connectivity index (χ1v) is 7.85. The first-order valence-electron chi connectivity index (χ1n) is 7.85. The highest BCUT2D eigenvalue weighted by atomic mass is 19.1. The molecular weight excluding hydrogens is 305 g/mol. The average Bonchev–Trinajstić information content (AvgIpc) is 3.00. The summed E-state index contributed by atoms with van der Waals surface area (Å²) in [7, 11) is 0. The fourth-order valence-corrected chi connectivity index (χ4v) is 3.18. The lowest BCUT2D eigenvalue weighted by molar-refractivity contribution is 0.581. The second-order valence-corrected chi connectivity index (χ2v) is 6.05. The van der Waals surface area contributed by atoms with Crippen LogP contribution in [0.1, 0.15) is 19.9 Å². The van der Waals surface area contributed by atoms with Gasteiger partial charge in [0.2, 0.25) is 0 Å². The van der Waals surface area contributed by atoms with Crippen molar-refractivity contribution in [2.45, 2.75) is 19.9 Å². The quantitative estimate of drug-likeness (QED) is 0.559. The summed E-state index contributed by atoms with van der Waals surface area (Å²) in [5.74, 6) is -0.0677. The Labute approximate surface area is 137 Å². The zero-order valence-electron chi connectivity index (χ0n) is 13.4. The van der Waals surface area contributed by atoms with Crippen LogP contribution >= 0.6 is 0 Å². The van der Waals surface area contributed by atoms with E-state index in [0.717, 1.165) is 10.9 Å². The summed E-state index contributed by atoms with van der Waals surface area (Å²) in [6.45, 7) is 3.92. The Morgan fingerprint density at radius 3 is 2.46 bits per heavy atom. The maximum atomic E-state index is 14.2. The van der Waals surface area contributed by atoms with Gasteiger partial charge in [-0.15, -0.1) is 0 Å². The topological polar surface area (TPSA) is 39.3 Å². The summed E-state index contributed by atoms with van der Waals surface area (Å²) < 4.78 is 17.4. The fourth-order valence-electron chi connectivity index (χ4n) is 3.18. The number of imidazole rings is 1. The Bertz CT molecular complexity index is 1120. The van der Waals surface area contributed by atoms with E-state index in [4.69, 9.17) is 0 Å². The van der Waals surface area contributed by atoms with Gasteiger partial charge in [0.1, 0.15) is 5.82 Å². The molecule has 0 unspecified atom stereocenters. The minimum Gasteiger partial charge on any atom is -0.291 e. The van der Waals surface area contributed by atoms with E-state index < -0.39 is 5.82 Å². The van der Waals surface area contributed by atoms with Gasteiger partial charge in [-0.3, -0.25) is 4.57 Å². The highest BCUT2D eigenvalue weighted by Crippen LogP contribution is 2.26. The molecule has 0 fully saturated rings. The molecule has 4 aromatic rings. The van der Waals surface area contributed by atoms with Crippen molar-refractivity contribution >= 4 is 16.4 Å². The van der Waals surface area contributed by atoms with E-state index in [-0.39, 0.29) is 11.7 Å². The molecule has 0 saturated carbocycles. The molecule has 24 heavy (non-hydrogen) atoms. The number of benzene rings is 2. The van der Waals surface area contributed by atoms with Crippen molar-refractivity contribution in [3.05, 3.63) is 71.0 Å². The van der Waals surface area contributed by atoms with Crippen LogP contribution in [0, 0.1) is 5.82 Å². The highest BCUT2D eigenvalue weighted by Gasteiger charge is 2.18. The van der Waals surface area contributed by atoms with Crippen LogP contribution in [0.15, 0.2) is 59.5 Å². The van der Waals surface area contributed by atoms with Crippen molar-refractivity contribution < 1.29 is 4.39 Å². The molecule has 0 aliphatic heterocycles. The molecule has 5 heteroatoms. The second kappa shape index (κ2) is 5.30. The molecule has 120 valence electrons. The van der Waals surface area contributed by atoms with Gasteiger partial charge >= 0.3 is 5.69 Å². The molecule has 0 bridgehead atoms. The molecule has 0 spiro atoms. The van der Waals surface area contributed by atoms with Crippen molar-refractivity contribution in [1.82, 2.24) is 14.0 Å². The van der Waals surface area contributed by atoms with Gasteiger partial charge in [-0.2, -0.15) is 0 Å². The molecule has 2 aromatic carbocycles. The maximum Gasteiger partial charge on any atom is 0.335 e. The fraction of sp³-hybridized carbons (Fsp3) is 0.158. The zero-order valence-corrected chi connectivity index (χ0v) is 13.4. The monoisotopic (exact) mass is 321 g/mol. The van der Waals surface area contributed by atoms with E-state index in [9.17, 15) is 9.18 Å². The lowest BCUT2D eigenvalue weighted by Crippen LogP contribution is -2.28. The molecule has 4 rings (SSSR count). The molecular formula is C19H16FN3O. The molecule has 2 aromatic heterocycles. The number of halogens is 1. The molecule has 0 saturated heterocycles. The maximum absolute atomic E-state index is 14.2. The summed E-state index contributed by atoms with van der Waals surface area (Å²) in [5, 5.41) is 0.917. The van der Waals surface area contributed by atoms with E-state index >= 15 is 0 Å². The summed E-state index contributed by atoms with van der Waals surface area (Å²) in [6, 6.07) is 14.1. The number of aromatic nitrogens is 3. The summed E-state index contributed by atoms with van der Waals surface area (Å²) in [6.07, 6.45) is 1.64. The Morgan fingerprint density at radius 2 is 1.71 bits per heavy atom.